The molecule has 0 radical (unpaired) electrons. The van der Waals surface area contributed by atoms with Crippen molar-refractivity contribution in [1.82, 2.24) is 5.59 Å². The van der Waals surface area contributed by atoms with Crippen LogP contribution in [0.4, 0.5) is 0 Å². The highest BCUT2D eigenvalue weighted by atomic mass is 17.2. The predicted molar refractivity (Wildman–Crippen MR) is 43.0 cm³/mol. The van der Waals surface area contributed by atoms with Crippen molar-refractivity contribution in [3.8, 4) is 0 Å². The molecule has 0 spiro atoms. The highest BCUT2D eigenvalue weighted by molar-refractivity contribution is 4.37. The maximum atomic E-state index is 10.4. The molecule has 0 aromatic heterocycles. The molecule has 0 saturated carbocycles. The van der Waals surface area contributed by atoms with Gasteiger partial charge in [-0.15, -0.1) is 0 Å². The van der Waals surface area contributed by atoms with Crippen molar-refractivity contribution in [2.75, 3.05) is 6.61 Å². The van der Waals surface area contributed by atoms with Crippen molar-refractivity contribution in [3.63, 3.8) is 0 Å². The Hall–Kier alpha value is -1.08. The summed E-state index contributed by atoms with van der Waals surface area (Å²) in [4.78, 5) is 7.74. The quantitative estimate of drug-likeness (QED) is 0.200. The van der Waals surface area contributed by atoms with E-state index >= 15 is 0 Å². The summed E-state index contributed by atoms with van der Waals surface area (Å²) in [6.07, 6.45) is 4.19. The number of nitrogens with one attached hydrogen (secondary N) is 1. The molecule has 0 atom stereocenters. The lowest BCUT2D eigenvalue weighted by atomic mass is 10.2. The van der Waals surface area contributed by atoms with Gasteiger partial charge in [0.15, 0.2) is 0 Å². The van der Waals surface area contributed by atoms with Crippen molar-refractivity contribution in [1.29, 1.82) is 0 Å². The van der Waals surface area contributed by atoms with Gasteiger partial charge in [0.25, 0.3) is 0 Å². The number of hydrazine groups is 1. The van der Waals surface area contributed by atoms with Gasteiger partial charge in [-0.25, -0.2) is 5.26 Å². The second kappa shape index (κ2) is 9.01. The minimum absolute atomic E-state index is 0.125. The molecule has 0 aliphatic carbocycles. The van der Waals surface area contributed by atoms with E-state index in [-0.39, 0.29) is 4.97 Å². The van der Waals surface area contributed by atoms with Crippen LogP contribution < -0.4 is 5.59 Å². The normalized spacial score (nSPS) is 11.4. The lowest BCUT2D eigenvalue weighted by Gasteiger charge is -1.98. The van der Waals surface area contributed by atoms with Crippen LogP contribution in [-0.2, 0) is 9.83 Å². The van der Waals surface area contributed by atoms with Crippen LogP contribution in [0.15, 0.2) is 5.28 Å². The van der Waals surface area contributed by atoms with Crippen LogP contribution in [-0.4, -0.2) is 16.8 Å². The molecule has 13 heavy (non-hydrogen) atoms. The van der Waals surface area contributed by atoms with Crippen molar-refractivity contribution in [2.45, 2.75) is 32.6 Å². The van der Waals surface area contributed by atoms with E-state index in [4.69, 9.17) is 5.26 Å². The van der Waals surface area contributed by atoms with Crippen molar-refractivity contribution >= 4 is 0 Å². The Morgan fingerprint density at radius 1 is 1.46 bits per heavy atom. The number of hydrogen-bond donors (Lipinski definition) is 2. The van der Waals surface area contributed by atoms with Crippen LogP contribution in [0.25, 0.3) is 0 Å². The molecule has 2 N–H and O–H groups in total. The van der Waals surface area contributed by atoms with Gasteiger partial charge in [0, 0.05) is 5.59 Å². The zero-order valence-electron chi connectivity index (χ0n) is 7.60. The topological polar surface area (TPSA) is 89.2 Å². The maximum absolute atomic E-state index is 10.4. The van der Waals surface area contributed by atoms with Gasteiger partial charge in [0.1, 0.15) is 11.6 Å². The van der Waals surface area contributed by atoms with Crippen LogP contribution in [0, 0.1) is 5.21 Å². The minimum atomic E-state index is -0.125. The fraction of sp³-hybridized carbons (Fsp3) is 1.00. The molecule has 7 nitrogen and oxygen atoms in total. The van der Waals surface area contributed by atoms with E-state index in [0.29, 0.717) is 6.61 Å². The third kappa shape index (κ3) is 8.83. The highest BCUT2D eigenvalue weighted by Gasteiger charge is 1.93. The van der Waals surface area contributed by atoms with Gasteiger partial charge in [-0.3, -0.25) is 0 Å². The summed E-state index contributed by atoms with van der Waals surface area (Å²) in [7, 11) is 0. The van der Waals surface area contributed by atoms with Gasteiger partial charge in [0.05, 0.1) is 0 Å². The number of rotatable bonds is 8. The Balaban J connectivity index is 3.18. The Kier molecular flexibility index (Phi) is 8.26. The van der Waals surface area contributed by atoms with Gasteiger partial charge >= 0.3 is 0 Å². The molecule has 78 valence electrons. The maximum Gasteiger partial charge on any atom is 0.235 e. The summed E-state index contributed by atoms with van der Waals surface area (Å²) < 4.78 is 0. The minimum Gasteiger partial charge on any atom is -0.567 e. The van der Waals surface area contributed by atoms with Crippen LogP contribution >= 0.6 is 0 Å². The molecule has 0 amide bonds. The van der Waals surface area contributed by atoms with Crippen molar-refractivity contribution in [2.24, 2.45) is 5.28 Å². The molecule has 0 aromatic carbocycles. The highest BCUT2D eigenvalue weighted by Crippen LogP contribution is 1.98. The largest absolute Gasteiger partial charge is 0.567 e. The van der Waals surface area contributed by atoms with Gasteiger partial charge in [-0.2, -0.15) is 0 Å². The molecule has 0 aliphatic rings. The molecule has 0 rings (SSSR count). The average molecular weight is 193 g/mol. The summed E-state index contributed by atoms with van der Waals surface area (Å²) in [5.74, 6) is 0. The van der Waals surface area contributed by atoms with Crippen LogP contribution in [0.5, 0.6) is 0 Å². The van der Waals surface area contributed by atoms with E-state index in [1.165, 1.54) is 5.59 Å². The monoisotopic (exact) mass is 193 g/mol. The Labute approximate surface area is 76.3 Å². The number of nitrogens with zero attached hydrogens (tertiary/aromatic N) is 2. The fourth-order valence-electron chi connectivity index (χ4n) is 0.738. The van der Waals surface area contributed by atoms with Crippen LogP contribution in [0.3, 0.4) is 0 Å². The third-order valence-corrected chi connectivity index (χ3v) is 1.34. The molecule has 0 saturated heterocycles. The molecule has 0 bridgehead atoms. The summed E-state index contributed by atoms with van der Waals surface area (Å²) >= 11 is 0. The Bertz CT molecular complexity index is 142. The third-order valence-electron chi connectivity index (χ3n) is 1.34. The lowest BCUT2D eigenvalue weighted by molar-refractivity contribution is -0.695. The number of hydrogen-bond acceptors (Lipinski definition) is 5. The molecule has 0 fully saturated rings. The summed E-state index contributed by atoms with van der Waals surface area (Å²) in [6.45, 7) is 2.49. The zero-order chi connectivity index (χ0) is 9.94. The first-order chi connectivity index (χ1) is 6.31. The second-order valence-electron chi connectivity index (χ2n) is 2.43. The Morgan fingerprint density at radius 2 is 2.23 bits per heavy atom. The molecule has 7 heteroatoms. The number of unbranched alkanes of at least 4 members (excludes halogenated alkanes) is 3. The van der Waals surface area contributed by atoms with Crippen molar-refractivity contribution in [3.05, 3.63) is 5.21 Å². The first-order valence-corrected chi connectivity index (χ1v) is 4.17. The van der Waals surface area contributed by atoms with E-state index < -0.39 is 0 Å². The lowest BCUT2D eigenvalue weighted by Crippen LogP contribution is -2.21. The van der Waals surface area contributed by atoms with Gasteiger partial charge in [-0.05, 0) is 12.8 Å². The molecule has 0 unspecified atom stereocenters. The molecule has 0 heterocycles. The van der Waals surface area contributed by atoms with E-state index in [2.05, 4.69) is 22.0 Å². The van der Waals surface area contributed by atoms with Gasteiger partial charge in [0.2, 0.25) is 5.28 Å². The standard InChI is InChI=1S/C6H15N3O4/c1-2-3-4-5-6-12-7-9(10)8-13-11/h11H,2-6H2,1H3,(H,7,8). The summed E-state index contributed by atoms with van der Waals surface area (Å²) in [6, 6.07) is 0. The zero-order valence-corrected chi connectivity index (χ0v) is 7.60. The van der Waals surface area contributed by atoms with Crippen molar-refractivity contribution < 1.29 is 20.1 Å². The SMILES string of the molecule is CCCCCCON=[N+]([O-])NOO. The molecule has 0 aliphatic heterocycles. The smallest absolute Gasteiger partial charge is 0.235 e. The first kappa shape index (κ1) is 11.9. The average Bonchev–Trinajstić information content (AvgIpc) is 2.11. The summed E-state index contributed by atoms with van der Waals surface area (Å²) in [5.41, 5.74) is 1.49. The predicted octanol–water partition coefficient (Wildman–Crippen LogP) is 1.37. The van der Waals surface area contributed by atoms with E-state index in [9.17, 15) is 5.21 Å². The van der Waals surface area contributed by atoms with Crippen LogP contribution in [0.2, 0.25) is 0 Å². The second-order valence-corrected chi connectivity index (χ2v) is 2.43. The van der Waals surface area contributed by atoms with Gasteiger partial charge < -0.3 is 10.0 Å². The fourth-order valence-corrected chi connectivity index (χ4v) is 0.738. The summed E-state index contributed by atoms with van der Waals surface area (Å²) in [5, 5.41) is 21.1. The molecular formula is C6H15N3O4. The first-order valence-electron chi connectivity index (χ1n) is 4.17. The van der Waals surface area contributed by atoms with E-state index in [0.717, 1.165) is 25.7 Å². The van der Waals surface area contributed by atoms with Crippen LogP contribution in [0.1, 0.15) is 32.6 Å². The molecular weight excluding hydrogens is 178 g/mol. The van der Waals surface area contributed by atoms with E-state index in [1.807, 2.05) is 0 Å². The van der Waals surface area contributed by atoms with Gasteiger partial charge in [-0.1, -0.05) is 24.8 Å². The Morgan fingerprint density at radius 3 is 2.85 bits per heavy atom. The molecule has 0 aromatic rings. The van der Waals surface area contributed by atoms with E-state index in [1.54, 1.807) is 0 Å².